The van der Waals surface area contributed by atoms with Gasteiger partial charge in [-0.15, -0.1) is 0 Å². The van der Waals surface area contributed by atoms with Gasteiger partial charge in [-0.25, -0.2) is 4.79 Å². The first-order chi connectivity index (χ1) is 7.74. The number of alkyl carbamates (subject to hydrolysis) is 1. The third-order valence-electron chi connectivity index (χ3n) is 2.54. The number of benzene rings is 1. The zero-order valence-electron chi connectivity index (χ0n) is 8.16. The highest BCUT2D eigenvalue weighted by Crippen LogP contribution is 2.39. The van der Waals surface area contributed by atoms with E-state index in [1.54, 1.807) is 12.1 Å². The molecule has 16 heavy (non-hydrogen) atoms. The minimum Gasteiger partial charge on any atom is -0.454 e. The lowest BCUT2D eigenvalue weighted by molar-refractivity contribution is 0.174. The van der Waals surface area contributed by atoms with E-state index in [2.05, 4.69) is 5.32 Å². The monoisotopic (exact) mass is 241 g/mol. The van der Waals surface area contributed by atoms with E-state index >= 15 is 0 Å². The van der Waals surface area contributed by atoms with Crippen molar-refractivity contribution in [3.8, 4) is 11.5 Å². The van der Waals surface area contributed by atoms with Gasteiger partial charge >= 0.3 is 6.09 Å². The lowest BCUT2D eigenvalue weighted by Gasteiger charge is -2.10. The molecule has 0 bridgehead atoms. The first-order valence-corrected chi connectivity index (χ1v) is 5.14. The van der Waals surface area contributed by atoms with Crippen molar-refractivity contribution in [3.05, 3.63) is 22.7 Å². The standard InChI is InChI=1S/C10H8ClNO4/c11-6-2-9-8(15-4-16-9)1-5(6)7-3-14-10(13)12-7/h1-2,7H,3-4H2,(H,12,13)/t7-/m1/s1. The minimum atomic E-state index is -0.432. The fraction of sp³-hybridized carbons (Fsp3) is 0.300. The molecule has 1 aromatic carbocycles. The summed E-state index contributed by atoms with van der Waals surface area (Å²) in [7, 11) is 0. The predicted molar refractivity (Wildman–Crippen MR) is 54.8 cm³/mol. The highest BCUT2D eigenvalue weighted by Gasteiger charge is 2.28. The van der Waals surface area contributed by atoms with Gasteiger partial charge in [-0.2, -0.15) is 0 Å². The van der Waals surface area contributed by atoms with Crippen LogP contribution in [0.4, 0.5) is 4.79 Å². The quantitative estimate of drug-likeness (QED) is 0.815. The number of carbonyl (C=O) groups is 1. The Morgan fingerprint density at radius 2 is 2.00 bits per heavy atom. The number of rotatable bonds is 1. The van der Waals surface area contributed by atoms with Crippen molar-refractivity contribution in [2.45, 2.75) is 6.04 Å². The number of amides is 1. The Morgan fingerprint density at radius 3 is 2.69 bits per heavy atom. The van der Waals surface area contributed by atoms with Crippen LogP contribution >= 0.6 is 11.6 Å². The Balaban J connectivity index is 1.98. The molecule has 1 aromatic rings. The van der Waals surface area contributed by atoms with Gasteiger partial charge in [0.2, 0.25) is 6.79 Å². The molecule has 0 unspecified atom stereocenters. The largest absolute Gasteiger partial charge is 0.454 e. The maximum absolute atomic E-state index is 10.9. The van der Waals surface area contributed by atoms with Crippen LogP contribution in [-0.4, -0.2) is 19.5 Å². The van der Waals surface area contributed by atoms with Gasteiger partial charge in [0.25, 0.3) is 0 Å². The van der Waals surface area contributed by atoms with Gasteiger partial charge in [0.15, 0.2) is 11.5 Å². The van der Waals surface area contributed by atoms with Crippen molar-refractivity contribution < 1.29 is 19.0 Å². The molecule has 0 aromatic heterocycles. The maximum Gasteiger partial charge on any atom is 0.407 e. The van der Waals surface area contributed by atoms with Crippen molar-refractivity contribution in [3.63, 3.8) is 0 Å². The van der Waals surface area contributed by atoms with Gasteiger partial charge in [0.1, 0.15) is 6.61 Å². The Labute approximate surface area is 96.2 Å². The zero-order chi connectivity index (χ0) is 11.1. The molecule has 1 fully saturated rings. The summed E-state index contributed by atoms with van der Waals surface area (Å²) in [6, 6.07) is 3.23. The number of halogens is 1. The second-order valence-corrected chi connectivity index (χ2v) is 3.93. The summed E-state index contributed by atoms with van der Waals surface area (Å²) in [5.41, 5.74) is 0.775. The predicted octanol–water partition coefficient (Wildman–Crippen LogP) is 1.85. The van der Waals surface area contributed by atoms with Crippen LogP contribution < -0.4 is 14.8 Å². The van der Waals surface area contributed by atoms with Crippen molar-refractivity contribution in [2.24, 2.45) is 0 Å². The van der Waals surface area contributed by atoms with Crippen LogP contribution in [0, 0.1) is 0 Å². The number of hydrogen-bond acceptors (Lipinski definition) is 4. The third-order valence-corrected chi connectivity index (χ3v) is 2.87. The summed E-state index contributed by atoms with van der Waals surface area (Å²) in [5.74, 6) is 1.26. The van der Waals surface area contributed by atoms with Crippen molar-refractivity contribution in [2.75, 3.05) is 13.4 Å². The number of carbonyl (C=O) groups excluding carboxylic acids is 1. The van der Waals surface area contributed by atoms with Crippen molar-refractivity contribution in [1.82, 2.24) is 5.32 Å². The molecule has 84 valence electrons. The average molecular weight is 242 g/mol. The molecule has 1 amide bonds. The zero-order valence-corrected chi connectivity index (χ0v) is 8.91. The Bertz CT molecular complexity index is 462. The summed E-state index contributed by atoms with van der Waals surface area (Å²) in [6.07, 6.45) is -0.432. The molecule has 0 radical (unpaired) electrons. The van der Waals surface area contributed by atoms with Gasteiger partial charge in [-0.1, -0.05) is 11.6 Å². The first-order valence-electron chi connectivity index (χ1n) is 4.76. The summed E-state index contributed by atoms with van der Waals surface area (Å²) >= 11 is 6.09. The lowest BCUT2D eigenvalue weighted by Crippen LogP contribution is -2.18. The van der Waals surface area contributed by atoms with Crippen LogP contribution in [0.1, 0.15) is 11.6 Å². The molecule has 2 aliphatic rings. The molecule has 1 saturated heterocycles. The Hall–Kier alpha value is -1.62. The van der Waals surface area contributed by atoms with E-state index in [4.69, 9.17) is 25.8 Å². The van der Waals surface area contributed by atoms with E-state index in [0.29, 0.717) is 16.5 Å². The van der Waals surface area contributed by atoms with Gasteiger partial charge in [0, 0.05) is 16.7 Å². The van der Waals surface area contributed by atoms with Gasteiger partial charge < -0.3 is 19.5 Å². The Kier molecular flexibility index (Phi) is 2.07. The van der Waals surface area contributed by atoms with E-state index in [1.165, 1.54) is 0 Å². The van der Waals surface area contributed by atoms with Crippen LogP contribution in [0.5, 0.6) is 11.5 Å². The molecule has 5 nitrogen and oxygen atoms in total. The molecule has 1 N–H and O–H groups in total. The first kappa shape index (κ1) is 9.59. The average Bonchev–Trinajstić information content (AvgIpc) is 2.84. The molecule has 2 heterocycles. The SMILES string of the molecule is O=C1N[C@@H](c2cc3c(cc2Cl)OCO3)CO1. The van der Waals surface area contributed by atoms with Crippen LogP contribution in [0.3, 0.4) is 0 Å². The number of nitrogens with one attached hydrogen (secondary N) is 1. The van der Waals surface area contributed by atoms with Crippen LogP contribution in [0.2, 0.25) is 5.02 Å². The van der Waals surface area contributed by atoms with Gasteiger partial charge in [0.05, 0.1) is 6.04 Å². The summed E-state index contributed by atoms with van der Waals surface area (Å²) in [4.78, 5) is 10.9. The molecule has 6 heteroatoms. The fourth-order valence-electron chi connectivity index (χ4n) is 1.75. The van der Waals surface area contributed by atoms with Crippen LogP contribution in [0.15, 0.2) is 12.1 Å². The van der Waals surface area contributed by atoms with Gasteiger partial charge in [-0.05, 0) is 6.07 Å². The molecule has 1 atom stereocenters. The minimum absolute atomic E-state index is 0.197. The second kappa shape index (κ2) is 3.45. The van der Waals surface area contributed by atoms with E-state index in [1.807, 2.05) is 0 Å². The summed E-state index contributed by atoms with van der Waals surface area (Å²) < 4.78 is 15.3. The molecule has 0 saturated carbocycles. The highest BCUT2D eigenvalue weighted by molar-refractivity contribution is 6.31. The maximum atomic E-state index is 10.9. The topological polar surface area (TPSA) is 56.8 Å². The van der Waals surface area contributed by atoms with E-state index < -0.39 is 6.09 Å². The summed E-state index contributed by atoms with van der Waals surface area (Å²) in [5, 5.41) is 3.19. The van der Waals surface area contributed by atoms with Crippen LogP contribution in [-0.2, 0) is 4.74 Å². The molecule has 0 spiro atoms. The molecule has 3 rings (SSSR count). The smallest absolute Gasteiger partial charge is 0.407 e. The number of ether oxygens (including phenoxy) is 3. The lowest BCUT2D eigenvalue weighted by atomic mass is 10.1. The fourth-order valence-corrected chi connectivity index (χ4v) is 2.04. The normalized spacial score (nSPS) is 21.8. The number of fused-ring (bicyclic) bond motifs is 1. The molecular formula is C10H8ClNO4. The van der Waals surface area contributed by atoms with Crippen molar-refractivity contribution in [1.29, 1.82) is 0 Å². The molecule has 2 aliphatic heterocycles. The second-order valence-electron chi connectivity index (χ2n) is 3.52. The van der Waals surface area contributed by atoms with Crippen LogP contribution in [0.25, 0.3) is 0 Å². The number of cyclic esters (lactones) is 1. The van der Waals surface area contributed by atoms with E-state index in [-0.39, 0.29) is 19.4 Å². The highest BCUT2D eigenvalue weighted by atomic mass is 35.5. The molecular weight excluding hydrogens is 234 g/mol. The Morgan fingerprint density at radius 1 is 1.25 bits per heavy atom. The van der Waals surface area contributed by atoms with E-state index in [0.717, 1.165) is 5.56 Å². The van der Waals surface area contributed by atoms with Gasteiger partial charge in [-0.3, -0.25) is 0 Å². The summed E-state index contributed by atoms with van der Waals surface area (Å²) in [6.45, 7) is 0.473. The third kappa shape index (κ3) is 1.44. The molecule has 0 aliphatic carbocycles. The van der Waals surface area contributed by atoms with E-state index in [9.17, 15) is 4.79 Å². The van der Waals surface area contributed by atoms with Crippen molar-refractivity contribution >= 4 is 17.7 Å². The number of hydrogen-bond donors (Lipinski definition) is 1.